The highest BCUT2D eigenvalue weighted by atomic mass is 32.1. The van der Waals surface area contributed by atoms with Gasteiger partial charge in [0.1, 0.15) is 30.0 Å². The monoisotopic (exact) mass is 1560 g/mol. The molecule has 0 spiro atoms. The summed E-state index contributed by atoms with van der Waals surface area (Å²) in [5, 5.41) is 21.6. The molecule has 534 valence electrons. The lowest BCUT2D eigenvalue weighted by atomic mass is 9.82. The predicted octanol–water partition coefficient (Wildman–Crippen LogP) is 30.6. The number of rotatable bonds is 12. The smallest absolute Gasteiger partial charge is 0.101 e. The van der Waals surface area contributed by atoms with Crippen LogP contribution in [0.2, 0.25) is 0 Å². The summed E-state index contributed by atoms with van der Waals surface area (Å²) in [5.74, 6) is 0. The van der Waals surface area contributed by atoms with Crippen LogP contribution in [0.3, 0.4) is 0 Å². The Morgan fingerprint density at radius 1 is 0.114 bits per heavy atom. The third-order valence-electron chi connectivity index (χ3n) is 23.3. The summed E-state index contributed by atoms with van der Waals surface area (Å²) in [4.78, 5) is 7.00. The van der Waals surface area contributed by atoms with E-state index in [0.29, 0.717) is 0 Å². The minimum atomic E-state index is 1.14. The molecule has 0 fully saturated rings. The first-order chi connectivity index (χ1) is 56.6. The molecule has 0 aliphatic heterocycles. The van der Waals surface area contributed by atoms with Gasteiger partial charge in [0.2, 0.25) is 0 Å². The molecule has 0 aliphatic carbocycles. The second-order valence-corrected chi connectivity index (χ2v) is 35.7. The van der Waals surface area contributed by atoms with Crippen molar-refractivity contribution in [2.45, 2.75) is 0 Å². The number of fused-ring (bicyclic) bond motifs is 18. The zero-order valence-corrected chi connectivity index (χ0v) is 65.7. The number of thiophene rings is 6. The Hall–Kier alpha value is -13.1. The third kappa shape index (κ3) is 9.43. The first-order valence-electron chi connectivity index (χ1n) is 38.4. The standard InChI is InChI=1S/C102H60N6S6/c1-13-37-73-61(25-1)62-26-2-14-38-74(62)103(73)91-55-49-85(109-91)97-98(86-50-56-92(110-86)104-75-39-15-3-27-63(75)64-28-4-16-40-76(64)104)100(88-52-58-94(112-88)106-79-43-19-7-31-67(79)68-32-8-20-44-80(68)106)102(90-54-60-96(114-90)108-83-47-23-11-35-71(83)72-36-12-24-48-84(72)108)101(89-53-59-95(113-89)107-81-45-21-9-33-69(81)70-34-10-22-46-82(70)107)99(97)87-51-57-93(111-87)105-77-41-17-5-29-65(77)66-30-6-18-42-78(66)105/h1-60H. The predicted molar refractivity (Wildman–Crippen MR) is 492 cm³/mol. The molecule has 0 saturated heterocycles. The number of hydrogen-bond donors (Lipinski definition) is 0. The number of para-hydroxylation sites is 12. The minimum Gasteiger partial charge on any atom is -0.301 e. The lowest BCUT2D eigenvalue weighted by Crippen LogP contribution is -1.98. The molecule has 6 nitrogen and oxygen atoms in total. The van der Waals surface area contributed by atoms with Crippen LogP contribution in [0.4, 0.5) is 0 Å². The van der Waals surface area contributed by atoms with Gasteiger partial charge in [-0.15, -0.1) is 68.0 Å². The average Bonchev–Trinajstić information content (AvgIpc) is 1.05. The Labute approximate surface area is 677 Å². The van der Waals surface area contributed by atoms with E-state index in [2.05, 4.69) is 391 Å². The first kappa shape index (κ1) is 64.5. The molecule has 12 aromatic heterocycles. The molecule has 13 aromatic carbocycles. The quantitative estimate of drug-likeness (QED) is 0.117. The Morgan fingerprint density at radius 3 is 0.333 bits per heavy atom. The third-order valence-corrected chi connectivity index (χ3v) is 29.9. The summed E-state index contributed by atoms with van der Waals surface area (Å²) in [6, 6.07) is 137. The van der Waals surface area contributed by atoms with E-state index in [9.17, 15) is 0 Å². The van der Waals surface area contributed by atoms with Gasteiger partial charge in [-0.1, -0.05) is 218 Å². The zero-order valence-electron chi connectivity index (χ0n) is 60.8. The van der Waals surface area contributed by atoms with Crippen molar-refractivity contribution in [3.8, 4) is 92.7 Å². The Balaban J connectivity index is 0.876. The molecule has 0 saturated carbocycles. The fraction of sp³-hybridized carbons (Fsp3) is 0. The van der Waals surface area contributed by atoms with Crippen molar-refractivity contribution in [2.75, 3.05) is 0 Å². The van der Waals surface area contributed by atoms with Crippen molar-refractivity contribution in [3.05, 3.63) is 364 Å². The van der Waals surface area contributed by atoms with Gasteiger partial charge < -0.3 is 27.4 Å². The number of nitrogens with zero attached hydrogens (tertiary/aromatic N) is 6. The molecule has 0 amide bonds. The van der Waals surface area contributed by atoms with Crippen LogP contribution in [0.25, 0.3) is 223 Å². The van der Waals surface area contributed by atoms with E-state index in [1.165, 1.54) is 193 Å². The number of hydrogen-bond acceptors (Lipinski definition) is 6. The molecule has 114 heavy (non-hydrogen) atoms. The van der Waals surface area contributed by atoms with E-state index in [-0.39, 0.29) is 0 Å². The first-order valence-corrected chi connectivity index (χ1v) is 43.3. The molecule has 0 atom stereocenters. The molecule has 0 bridgehead atoms. The van der Waals surface area contributed by atoms with Crippen LogP contribution in [0.1, 0.15) is 0 Å². The fourth-order valence-electron chi connectivity index (χ4n) is 18.7. The van der Waals surface area contributed by atoms with E-state index in [1.54, 1.807) is 0 Å². The summed E-state index contributed by atoms with van der Waals surface area (Å²) < 4.78 is 15.1. The van der Waals surface area contributed by atoms with Gasteiger partial charge in [0.15, 0.2) is 0 Å². The van der Waals surface area contributed by atoms with E-state index < -0.39 is 0 Å². The van der Waals surface area contributed by atoms with Gasteiger partial charge in [-0.25, -0.2) is 0 Å². The average molecular weight is 1560 g/mol. The minimum absolute atomic E-state index is 1.14. The van der Waals surface area contributed by atoms with Gasteiger partial charge in [0.25, 0.3) is 0 Å². The normalized spacial score (nSPS) is 12.2. The van der Waals surface area contributed by atoms with Gasteiger partial charge in [-0.2, -0.15) is 0 Å². The molecule has 0 aliphatic rings. The lowest BCUT2D eigenvalue weighted by molar-refractivity contribution is 1.22. The molecule has 12 heterocycles. The van der Waals surface area contributed by atoms with Crippen LogP contribution < -0.4 is 0 Å². The van der Waals surface area contributed by atoms with E-state index in [4.69, 9.17) is 0 Å². The molecule has 0 N–H and O–H groups in total. The van der Waals surface area contributed by atoms with Crippen LogP contribution in [-0.2, 0) is 0 Å². The van der Waals surface area contributed by atoms with E-state index in [0.717, 1.165) is 30.0 Å². The Morgan fingerprint density at radius 2 is 0.219 bits per heavy atom. The van der Waals surface area contributed by atoms with E-state index >= 15 is 0 Å². The topological polar surface area (TPSA) is 29.6 Å². The molecule has 25 rings (SSSR count). The maximum Gasteiger partial charge on any atom is 0.101 e. The summed E-state index contributed by atoms with van der Waals surface area (Å²) >= 11 is 11.4. The lowest BCUT2D eigenvalue weighted by Gasteiger charge is -2.25. The molecular formula is C102H60N6S6. The van der Waals surface area contributed by atoms with Crippen molar-refractivity contribution < 1.29 is 0 Å². The molecule has 25 aromatic rings. The van der Waals surface area contributed by atoms with Crippen molar-refractivity contribution in [2.24, 2.45) is 0 Å². The molecule has 12 heteroatoms. The van der Waals surface area contributed by atoms with Crippen LogP contribution in [0.5, 0.6) is 0 Å². The highest BCUT2D eigenvalue weighted by Gasteiger charge is 2.35. The van der Waals surface area contributed by atoms with Gasteiger partial charge >= 0.3 is 0 Å². The van der Waals surface area contributed by atoms with E-state index in [1.807, 2.05) is 68.0 Å². The van der Waals surface area contributed by atoms with Crippen LogP contribution >= 0.6 is 68.0 Å². The van der Waals surface area contributed by atoms with Crippen molar-refractivity contribution in [1.29, 1.82) is 0 Å². The second kappa shape index (κ2) is 25.2. The molecular weight excluding hydrogens is 1500 g/mol. The highest BCUT2D eigenvalue weighted by Crippen LogP contribution is 2.62. The van der Waals surface area contributed by atoms with Gasteiger partial charge in [-0.05, 0) is 146 Å². The molecule has 0 radical (unpaired) electrons. The van der Waals surface area contributed by atoms with Crippen LogP contribution in [0, 0.1) is 0 Å². The van der Waals surface area contributed by atoms with Gasteiger partial charge in [0, 0.05) is 127 Å². The molecule has 0 unspecified atom stereocenters. The maximum atomic E-state index is 2.52. The van der Waals surface area contributed by atoms with Crippen LogP contribution in [-0.4, -0.2) is 27.4 Å². The van der Waals surface area contributed by atoms with Crippen molar-refractivity contribution in [3.63, 3.8) is 0 Å². The largest absolute Gasteiger partial charge is 0.301 e. The van der Waals surface area contributed by atoms with Gasteiger partial charge in [0.05, 0.1) is 66.2 Å². The number of aromatic nitrogens is 6. The second-order valence-electron chi connectivity index (χ2n) is 29.3. The van der Waals surface area contributed by atoms with Gasteiger partial charge in [-0.3, -0.25) is 0 Å². The summed E-state index contributed by atoms with van der Waals surface area (Å²) in [7, 11) is 0. The zero-order chi connectivity index (χ0) is 74.4. The van der Waals surface area contributed by atoms with Crippen molar-refractivity contribution in [1.82, 2.24) is 27.4 Å². The summed E-state index contributed by atoms with van der Waals surface area (Å²) in [6.07, 6.45) is 0. The maximum absolute atomic E-state index is 2.52. The van der Waals surface area contributed by atoms with Crippen LogP contribution in [0.15, 0.2) is 364 Å². The summed E-state index contributed by atoms with van der Waals surface area (Å²) in [5.41, 5.74) is 21.2. The van der Waals surface area contributed by atoms with Crippen molar-refractivity contribution >= 4 is 199 Å². The SMILES string of the molecule is c1ccc2c(c1)c1ccccc1n2-c1ccc(-c2c(-c3ccc(-n4c5ccccc5c5ccccc54)s3)c(-c3ccc(-n4c5ccccc5c5ccccc54)s3)c(-c3ccc(-n4c5ccccc5c5ccccc54)s3)c(-c3ccc(-n4c5ccccc5c5ccccc54)s3)c2-c2ccc(-n3c4ccccc4c4ccccc43)s2)s1. The Kier molecular flexibility index (Phi) is 14.3. The fourth-order valence-corrected chi connectivity index (χ4v) is 25.2. The number of benzene rings is 13. The summed E-state index contributed by atoms with van der Waals surface area (Å²) in [6.45, 7) is 0. The highest BCUT2D eigenvalue weighted by molar-refractivity contribution is 7.22. The Bertz CT molecular complexity index is 6710.